The van der Waals surface area contributed by atoms with Crippen molar-refractivity contribution in [2.75, 3.05) is 0 Å². The molecule has 2 rings (SSSR count). The summed E-state index contributed by atoms with van der Waals surface area (Å²) in [5.41, 5.74) is 1.67. The summed E-state index contributed by atoms with van der Waals surface area (Å²) in [4.78, 5) is 8.54. The maximum Gasteiger partial charge on any atom is 0.194 e. The number of pyridine rings is 1. The summed E-state index contributed by atoms with van der Waals surface area (Å²) in [6.45, 7) is 2.10. The zero-order valence-corrected chi connectivity index (χ0v) is 8.10. The molecule has 0 aliphatic carbocycles. The molecule has 0 saturated heterocycles. The van der Waals surface area contributed by atoms with E-state index in [0.29, 0.717) is 0 Å². The van der Waals surface area contributed by atoms with Gasteiger partial charge in [-0.15, -0.1) is 0 Å². The van der Waals surface area contributed by atoms with Gasteiger partial charge in [-0.05, 0) is 18.6 Å². The van der Waals surface area contributed by atoms with Gasteiger partial charge in [0.25, 0.3) is 0 Å². The van der Waals surface area contributed by atoms with Crippen LogP contribution in [0.5, 0.6) is 0 Å². The zero-order valence-electron chi connectivity index (χ0n) is 8.10. The van der Waals surface area contributed by atoms with E-state index in [2.05, 4.69) is 16.9 Å². The number of rotatable bonds is 3. The van der Waals surface area contributed by atoms with Crippen molar-refractivity contribution in [2.24, 2.45) is 0 Å². The van der Waals surface area contributed by atoms with Crippen molar-refractivity contribution in [3.8, 4) is 11.4 Å². The van der Waals surface area contributed by atoms with Gasteiger partial charge in [0.1, 0.15) is 12.0 Å². The van der Waals surface area contributed by atoms with Crippen LogP contribution in [0.3, 0.4) is 0 Å². The minimum absolute atomic E-state index is 0.785. The van der Waals surface area contributed by atoms with Gasteiger partial charge in [0.15, 0.2) is 5.89 Å². The molecule has 0 unspecified atom stereocenters. The smallest absolute Gasteiger partial charge is 0.194 e. The van der Waals surface area contributed by atoms with Gasteiger partial charge in [0.05, 0.1) is 5.69 Å². The van der Waals surface area contributed by atoms with E-state index in [9.17, 15) is 0 Å². The number of nitrogens with zero attached hydrogens (tertiary/aromatic N) is 2. The van der Waals surface area contributed by atoms with Crippen LogP contribution >= 0.6 is 0 Å². The molecular weight excluding hydrogens is 176 g/mol. The average molecular weight is 188 g/mol. The summed E-state index contributed by atoms with van der Waals surface area (Å²) in [5, 5.41) is 0. The molecular formula is C11H12N2O. The van der Waals surface area contributed by atoms with Crippen LogP contribution in [-0.2, 0) is 6.42 Å². The van der Waals surface area contributed by atoms with Gasteiger partial charge in [-0.3, -0.25) is 4.98 Å². The van der Waals surface area contributed by atoms with Crippen molar-refractivity contribution in [2.45, 2.75) is 19.8 Å². The fourth-order valence-corrected chi connectivity index (χ4v) is 1.27. The fraction of sp³-hybridized carbons (Fsp3) is 0.273. The Morgan fingerprint density at radius 1 is 1.29 bits per heavy atom. The topological polar surface area (TPSA) is 38.9 Å². The molecule has 0 N–H and O–H groups in total. The zero-order chi connectivity index (χ0) is 9.80. The predicted molar refractivity (Wildman–Crippen MR) is 53.7 cm³/mol. The molecule has 2 heterocycles. The first kappa shape index (κ1) is 8.94. The highest BCUT2D eigenvalue weighted by Gasteiger charge is 2.05. The second-order valence-electron chi connectivity index (χ2n) is 3.09. The summed E-state index contributed by atoms with van der Waals surface area (Å²) >= 11 is 0. The molecule has 2 aromatic heterocycles. The van der Waals surface area contributed by atoms with Crippen molar-refractivity contribution in [1.29, 1.82) is 0 Å². The summed E-state index contributed by atoms with van der Waals surface area (Å²) < 4.78 is 5.31. The Morgan fingerprint density at radius 2 is 2.21 bits per heavy atom. The van der Waals surface area contributed by atoms with Crippen molar-refractivity contribution < 1.29 is 4.42 Å². The molecule has 0 radical (unpaired) electrons. The number of hydrogen-bond acceptors (Lipinski definition) is 3. The minimum atomic E-state index is 0.785. The average Bonchev–Trinajstić information content (AvgIpc) is 2.68. The fourth-order valence-electron chi connectivity index (χ4n) is 1.27. The normalized spacial score (nSPS) is 10.4. The summed E-state index contributed by atoms with van der Waals surface area (Å²) in [6, 6.07) is 5.75. The summed E-state index contributed by atoms with van der Waals surface area (Å²) in [7, 11) is 0. The molecule has 72 valence electrons. The third-order valence-electron chi connectivity index (χ3n) is 1.94. The van der Waals surface area contributed by atoms with Gasteiger partial charge in [0, 0.05) is 12.6 Å². The van der Waals surface area contributed by atoms with Crippen molar-refractivity contribution in [3.05, 3.63) is 36.5 Å². The maximum atomic E-state index is 5.31. The van der Waals surface area contributed by atoms with E-state index in [1.807, 2.05) is 18.2 Å². The maximum absolute atomic E-state index is 5.31. The molecule has 0 fully saturated rings. The van der Waals surface area contributed by atoms with Crippen LogP contribution in [-0.4, -0.2) is 9.97 Å². The molecule has 0 aliphatic heterocycles. The first-order chi connectivity index (χ1) is 6.90. The Hall–Kier alpha value is -1.64. The Balaban J connectivity index is 2.25. The SMILES string of the molecule is CCCc1nc(-c2ccccn2)co1. The first-order valence-electron chi connectivity index (χ1n) is 4.76. The Morgan fingerprint density at radius 3 is 2.93 bits per heavy atom. The Bertz CT molecular complexity index is 395. The summed E-state index contributed by atoms with van der Waals surface area (Å²) in [6.07, 6.45) is 5.34. The van der Waals surface area contributed by atoms with Gasteiger partial charge in [-0.2, -0.15) is 0 Å². The molecule has 0 saturated carbocycles. The lowest BCUT2D eigenvalue weighted by Crippen LogP contribution is -1.84. The van der Waals surface area contributed by atoms with Crippen molar-refractivity contribution in [1.82, 2.24) is 9.97 Å². The Kier molecular flexibility index (Phi) is 2.58. The standard InChI is InChI=1S/C11H12N2O/c1-2-5-11-13-10(8-14-11)9-6-3-4-7-12-9/h3-4,6-8H,2,5H2,1H3. The molecule has 0 aliphatic rings. The highest BCUT2D eigenvalue weighted by atomic mass is 16.3. The Labute approximate surface area is 82.8 Å². The lowest BCUT2D eigenvalue weighted by molar-refractivity contribution is 0.491. The van der Waals surface area contributed by atoms with Gasteiger partial charge < -0.3 is 4.42 Å². The van der Waals surface area contributed by atoms with Gasteiger partial charge in [-0.25, -0.2) is 4.98 Å². The monoisotopic (exact) mass is 188 g/mol. The van der Waals surface area contributed by atoms with Crippen LogP contribution in [0.15, 0.2) is 35.1 Å². The van der Waals surface area contributed by atoms with E-state index in [4.69, 9.17) is 4.42 Å². The van der Waals surface area contributed by atoms with Crippen LogP contribution < -0.4 is 0 Å². The molecule has 2 aromatic rings. The predicted octanol–water partition coefficient (Wildman–Crippen LogP) is 2.69. The van der Waals surface area contributed by atoms with Gasteiger partial charge in [0.2, 0.25) is 0 Å². The van der Waals surface area contributed by atoms with E-state index in [1.54, 1.807) is 12.5 Å². The van der Waals surface area contributed by atoms with E-state index < -0.39 is 0 Å². The van der Waals surface area contributed by atoms with Crippen molar-refractivity contribution >= 4 is 0 Å². The molecule has 14 heavy (non-hydrogen) atoms. The number of aryl methyl sites for hydroxylation is 1. The highest BCUT2D eigenvalue weighted by molar-refractivity contribution is 5.51. The molecule has 0 spiro atoms. The lowest BCUT2D eigenvalue weighted by Gasteiger charge is -1.91. The molecule has 0 bridgehead atoms. The van der Waals surface area contributed by atoms with Gasteiger partial charge >= 0.3 is 0 Å². The van der Waals surface area contributed by atoms with Crippen LogP contribution in [0.4, 0.5) is 0 Å². The van der Waals surface area contributed by atoms with Crippen LogP contribution in [0, 0.1) is 0 Å². The second kappa shape index (κ2) is 4.05. The number of oxazole rings is 1. The molecule has 0 atom stereocenters. The third-order valence-corrected chi connectivity index (χ3v) is 1.94. The minimum Gasteiger partial charge on any atom is -0.448 e. The number of aromatic nitrogens is 2. The van der Waals surface area contributed by atoms with E-state index in [-0.39, 0.29) is 0 Å². The quantitative estimate of drug-likeness (QED) is 0.743. The van der Waals surface area contributed by atoms with E-state index in [1.165, 1.54) is 0 Å². The molecule has 3 heteroatoms. The first-order valence-corrected chi connectivity index (χ1v) is 4.76. The molecule has 0 amide bonds. The highest BCUT2D eigenvalue weighted by Crippen LogP contribution is 2.15. The lowest BCUT2D eigenvalue weighted by atomic mass is 10.3. The number of hydrogen-bond donors (Lipinski definition) is 0. The van der Waals surface area contributed by atoms with Crippen LogP contribution in [0.2, 0.25) is 0 Å². The van der Waals surface area contributed by atoms with Crippen LogP contribution in [0.1, 0.15) is 19.2 Å². The van der Waals surface area contributed by atoms with Gasteiger partial charge in [-0.1, -0.05) is 13.0 Å². The van der Waals surface area contributed by atoms with Crippen molar-refractivity contribution in [3.63, 3.8) is 0 Å². The van der Waals surface area contributed by atoms with Crippen LogP contribution in [0.25, 0.3) is 11.4 Å². The third kappa shape index (κ3) is 1.82. The largest absolute Gasteiger partial charge is 0.448 e. The molecule has 3 nitrogen and oxygen atoms in total. The van der Waals surface area contributed by atoms with E-state index in [0.717, 1.165) is 30.1 Å². The molecule has 0 aromatic carbocycles. The van der Waals surface area contributed by atoms with E-state index >= 15 is 0 Å². The summed E-state index contributed by atoms with van der Waals surface area (Å²) in [5.74, 6) is 0.785. The second-order valence-corrected chi connectivity index (χ2v) is 3.09.